The highest BCUT2D eigenvalue weighted by molar-refractivity contribution is 7.72. The van der Waals surface area contributed by atoms with E-state index in [4.69, 9.17) is 0 Å². The van der Waals surface area contributed by atoms with Crippen LogP contribution < -0.4 is 0 Å². The topological polar surface area (TPSA) is 34.1 Å². The summed E-state index contributed by atoms with van der Waals surface area (Å²) in [6.45, 7) is 2.18. The van der Waals surface area contributed by atoms with Gasteiger partial charge in [-0.3, -0.25) is 0 Å². The minimum absolute atomic E-state index is 0.312. The third-order valence-electron chi connectivity index (χ3n) is 4.32. The Morgan fingerprint density at radius 1 is 1.17 bits per heavy atom. The zero-order valence-corrected chi connectivity index (χ0v) is 11.8. The smallest absolute Gasteiger partial charge is 0.140 e. The molecule has 0 aliphatic heterocycles. The number of hydrogen-bond donors (Lipinski definition) is 1. The van der Waals surface area contributed by atoms with Gasteiger partial charge in [0.2, 0.25) is 0 Å². The molecule has 0 bridgehead atoms. The molecule has 100 valence electrons. The molecule has 1 aliphatic rings. The van der Waals surface area contributed by atoms with E-state index in [2.05, 4.69) is 31.2 Å². The van der Waals surface area contributed by atoms with Crippen LogP contribution in [-0.2, 0) is 10.7 Å². The molecule has 0 radical (unpaired) electrons. The van der Waals surface area contributed by atoms with Crippen LogP contribution in [0.15, 0.2) is 30.3 Å². The van der Waals surface area contributed by atoms with Crippen LogP contribution in [0.4, 0.5) is 0 Å². The zero-order chi connectivity index (χ0) is 13.0. The Hall–Kier alpha value is -0.830. The highest BCUT2D eigenvalue weighted by atomic mass is 32.2. The quantitative estimate of drug-likeness (QED) is 0.849. The van der Waals surface area contributed by atoms with Crippen molar-refractivity contribution in [2.45, 2.75) is 38.5 Å². The van der Waals surface area contributed by atoms with E-state index >= 15 is 0 Å². The molecule has 2 rings (SSSR count). The van der Waals surface area contributed by atoms with Crippen molar-refractivity contribution < 1.29 is 8.42 Å². The minimum Gasteiger partial charge on any atom is -0.232 e. The molecule has 0 heterocycles. The van der Waals surface area contributed by atoms with Gasteiger partial charge in [0.15, 0.2) is 0 Å². The van der Waals surface area contributed by atoms with Gasteiger partial charge in [-0.05, 0) is 29.7 Å². The Morgan fingerprint density at radius 2 is 1.89 bits per heavy atom. The Bertz CT molecular complexity index is 431. The molecule has 0 saturated heterocycles. The molecule has 1 fully saturated rings. The van der Waals surface area contributed by atoms with Crippen molar-refractivity contribution in [2.24, 2.45) is 11.8 Å². The molecule has 18 heavy (non-hydrogen) atoms. The zero-order valence-electron chi connectivity index (χ0n) is 10.9. The molecular formula is C15H22O2S. The van der Waals surface area contributed by atoms with Gasteiger partial charge in [-0.15, -0.1) is 0 Å². The normalized spacial score (nSPS) is 28.4. The monoisotopic (exact) mass is 266 g/mol. The lowest BCUT2D eigenvalue weighted by atomic mass is 9.69. The van der Waals surface area contributed by atoms with E-state index in [1.807, 2.05) is 6.07 Å². The van der Waals surface area contributed by atoms with Gasteiger partial charge >= 0.3 is 0 Å². The van der Waals surface area contributed by atoms with Gasteiger partial charge in [0.05, 0.1) is 5.75 Å². The van der Waals surface area contributed by atoms with E-state index in [0.717, 1.165) is 12.8 Å². The molecule has 3 unspecified atom stereocenters. The van der Waals surface area contributed by atoms with Gasteiger partial charge in [-0.25, -0.2) is 8.42 Å². The fourth-order valence-corrected chi connectivity index (χ4v) is 4.32. The third-order valence-corrected chi connectivity index (χ3v) is 5.04. The highest BCUT2D eigenvalue weighted by Gasteiger charge is 2.33. The molecule has 1 aromatic carbocycles. The summed E-state index contributed by atoms with van der Waals surface area (Å²) in [4.78, 5) is 0. The molecule has 3 atom stereocenters. The first-order valence-electron chi connectivity index (χ1n) is 6.89. The first-order chi connectivity index (χ1) is 8.72. The van der Waals surface area contributed by atoms with Crippen LogP contribution in [0.3, 0.4) is 0 Å². The van der Waals surface area contributed by atoms with Gasteiger partial charge in [-0.1, -0.05) is 56.5 Å². The number of rotatable bonds is 4. The molecule has 0 amide bonds. The summed E-state index contributed by atoms with van der Waals surface area (Å²) >= 11 is 0. The number of thiol groups is 1. The molecule has 3 heteroatoms. The fraction of sp³-hybridized carbons (Fsp3) is 0.600. The Balaban J connectivity index is 2.25. The van der Waals surface area contributed by atoms with E-state index < -0.39 is 10.7 Å². The van der Waals surface area contributed by atoms with Crippen molar-refractivity contribution in [1.29, 1.82) is 0 Å². The van der Waals surface area contributed by atoms with Gasteiger partial charge < -0.3 is 0 Å². The van der Waals surface area contributed by atoms with Gasteiger partial charge in [0.25, 0.3) is 0 Å². The lowest BCUT2D eigenvalue weighted by Crippen LogP contribution is -2.30. The summed E-state index contributed by atoms with van der Waals surface area (Å²) in [7, 11) is -2.27. The minimum atomic E-state index is -2.27. The third kappa shape index (κ3) is 3.14. The highest BCUT2D eigenvalue weighted by Crippen LogP contribution is 2.42. The van der Waals surface area contributed by atoms with E-state index in [1.54, 1.807) is 0 Å². The first-order valence-corrected chi connectivity index (χ1v) is 8.25. The largest absolute Gasteiger partial charge is 0.232 e. The first kappa shape index (κ1) is 13.6. The summed E-state index contributed by atoms with van der Waals surface area (Å²) in [6.07, 6.45) is 4.64. The Kier molecular flexibility index (Phi) is 4.81. The van der Waals surface area contributed by atoms with Crippen molar-refractivity contribution in [2.75, 3.05) is 5.75 Å². The molecule has 1 aliphatic carbocycles. The average Bonchev–Trinajstić information content (AvgIpc) is 2.39. The van der Waals surface area contributed by atoms with Crippen molar-refractivity contribution >= 4 is 10.7 Å². The van der Waals surface area contributed by atoms with Crippen molar-refractivity contribution in [3.63, 3.8) is 0 Å². The standard InChI is InChI=1S/C15H22O2S/c1-2-12-9-6-10-14(15(12)11-18(16)17)13-7-4-3-5-8-13/h3-5,7-8,12,14-15,18H,2,6,9-11H2,1H3. The molecule has 0 N–H and O–H groups in total. The molecule has 1 saturated carbocycles. The maximum atomic E-state index is 11.1. The lowest BCUT2D eigenvalue weighted by molar-refractivity contribution is 0.217. The van der Waals surface area contributed by atoms with Crippen LogP contribution >= 0.6 is 0 Å². The second-order valence-corrected chi connectivity index (χ2v) is 6.33. The van der Waals surface area contributed by atoms with E-state index in [-0.39, 0.29) is 0 Å². The van der Waals surface area contributed by atoms with Crippen molar-refractivity contribution in [3.8, 4) is 0 Å². The summed E-state index contributed by atoms with van der Waals surface area (Å²) in [6, 6.07) is 10.4. The van der Waals surface area contributed by atoms with Crippen molar-refractivity contribution in [3.05, 3.63) is 35.9 Å². The predicted molar refractivity (Wildman–Crippen MR) is 75.5 cm³/mol. The molecular weight excluding hydrogens is 244 g/mol. The van der Waals surface area contributed by atoms with Crippen LogP contribution in [0.1, 0.15) is 44.1 Å². The van der Waals surface area contributed by atoms with Gasteiger partial charge in [0, 0.05) is 0 Å². The molecule has 1 aromatic rings. The number of benzene rings is 1. The van der Waals surface area contributed by atoms with Crippen molar-refractivity contribution in [1.82, 2.24) is 0 Å². The summed E-state index contributed by atoms with van der Waals surface area (Å²) in [5.41, 5.74) is 1.32. The van der Waals surface area contributed by atoms with E-state index in [1.165, 1.54) is 18.4 Å². The SMILES string of the molecule is CCC1CCCC(c2ccccc2)C1C[SH](=O)=O. The van der Waals surface area contributed by atoms with Crippen LogP contribution in [0.2, 0.25) is 0 Å². The second kappa shape index (κ2) is 6.37. The van der Waals surface area contributed by atoms with Gasteiger partial charge in [-0.2, -0.15) is 0 Å². The summed E-state index contributed by atoms with van der Waals surface area (Å²) in [5.74, 6) is 1.66. The summed E-state index contributed by atoms with van der Waals surface area (Å²) < 4.78 is 22.3. The van der Waals surface area contributed by atoms with Crippen LogP contribution in [0.25, 0.3) is 0 Å². The van der Waals surface area contributed by atoms with E-state index in [9.17, 15) is 8.42 Å². The van der Waals surface area contributed by atoms with Gasteiger partial charge in [0.1, 0.15) is 10.7 Å². The average molecular weight is 266 g/mol. The lowest BCUT2D eigenvalue weighted by Gasteiger charge is -2.37. The summed E-state index contributed by atoms with van der Waals surface area (Å²) in [5, 5.41) is 0. The predicted octanol–water partition coefficient (Wildman–Crippen LogP) is 3.21. The van der Waals surface area contributed by atoms with E-state index in [0.29, 0.717) is 23.5 Å². The second-order valence-electron chi connectivity index (χ2n) is 5.30. The Labute approximate surface area is 111 Å². The molecule has 2 nitrogen and oxygen atoms in total. The fourth-order valence-electron chi connectivity index (χ4n) is 3.43. The molecule has 0 spiro atoms. The molecule has 0 aromatic heterocycles. The van der Waals surface area contributed by atoms with Crippen LogP contribution in [0, 0.1) is 11.8 Å². The van der Waals surface area contributed by atoms with Crippen LogP contribution in [-0.4, -0.2) is 14.2 Å². The maximum Gasteiger partial charge on any atom is 0.140 e. The maximum absolute atomic E-state index is 11.1. The Morgan fingerprint density at radius 3 is 2.50 bits per heavy atom. The van der Waals surface area contributed by atoms with Crippen LogP contribution in [0.5, 0.6) is 0 Å². The number of hydrogen-bond acceptors (Lipinski definition) is 2.